The Labute approximate surface area is 109 Å². The molecule has 100 valence electrons. The maximum Gasteiger partial charge on any atom is 0.221 e. The SMILES string of the molecule is NCCC(=O)NCCCOCCc1ccccc1. The van der Waals surface area contributed by atoms with E-state index in [4.69, 9.17) is 10.5 Å². The van der Waals surface area contributed by atoms with E-state index in [-0.39, 0.29) is 5.91 Å². The average Bonchev–Trinajstić information content (AvgIpc) is 2.39. The van der Waals surface area contributed by atoms with Crippen LogP contribution < -0.4 is 11.1 Å². The Morgan fingerprint density at radius 2 is 2.00 bits per heavy atom. The minimum atomic E-state index is 0.0155. The molecule has 0 radical (unpaired) electrons. The third-order valence-corrected chi connectivity index (χ3v) is 2.54. The Balaban J connectivity index is 1.92. The molecule has 0 unspecified atom stereocenters. The number of nitrogens with one attached hydrogen (secondary N) is 1. The van der Waals surface area contributed by atoms with Gasteiger partial charge in [-0.15, -0.1) is 0 Å². The maximum atomic E-state index is 11.1. The number of nitrogens with two attached hydrogens (primary N) is 1. The minimum absolute atomic E-state index is 0.0155. The van der Waals surface area contributed by atoms with Crippen LogP contribution in [0, 0.1) is 0 Å². The highest BCUT2D eigenvalue weighted by Gasteiger charge is 1.97. The number of benzene rings is 1. The van der Waals surface area contributed by atoms with Gasteiger partial charge in [-0.1, -0.05) is 30.3 Å². The predicted octanol–water partition coefficient (Wildman–Crippen LogP) is 1.10. The van der Waals surface area contributed by atoms with Crippen molar-refractivity contribution in [1.82, 2.24) is 5.32 Å². The summed E-state index contributed by atoms with van der Waals surface area (Å²) >= 11 is 0. The van der Waals surface area contributed by atoms with Crippen molar-refractivity contribution in [3.05, 3.63) is 35.9 Å². The fraction of sp³-hybridized carbons (Fsp3) is 0.500. The van der Waals surface area contributed by atoms with Gasteiger partial charge in [-0.05, 0) is 18.4 Å². The summed E-state index contributed by atoms with van der Waals surface area (Å²) in [5.41, 5.74) is 6.56. The van der Waals surface area contributed by atoms with E-state index in [1.54, 1.807) is 0 Å². The van der Waals surface area contributed by atoms with Crippen molar-refractivity contribution in [3.63, 3.8) is 0 Å². The van der Waals surface area contributed by atoms with E-state index in [0.29, 0.717) is 26.1 Å². The van der Waals surface area contributed by atoms with Crippen LogP contribution in [0.4, 0.5) is 0 Å². The highest BCUT2D eigenvalue weighted by Crippen LogP contribution is 1.99. The third-order valence-electron chi connectivity index (χ3n) is 2.54. The molecule has 1 aromatic rings. The second kappa shape index (κ2) is 9.62. The summed E-state index contributed by atoms with van der Waals surface area (Å²) in [5.74, 6) is 0.0155. The van der Waals surface area contributed by atoms with Gasteiger partial charge < -0.3 is 15.8 Å². The lowest BCUT2D eigenvalue weighted by atomic mass is 10.2. The monoisotopic (exact) mass is 250 g/mol. The van der Waals surface area contributed by atoms with Crippen molar-refractivity contribution in [1.29, 1.82) is 0 Å². The number of carbonyl (C=O) groups is 1. The lowest BCUT2D eigenvalue weighted by Gasteiger charge is -2.06. The molecule has 0 heterocycles. The summed E-state index contributed by atoms with van der Waals surface area (Å²) < 4.78 is 5.50. The summed E-state index contributed by atoms with van der Waals surface area (Å²) in [6.07, 6.45) is 2.17. The van der Waals surface area contributed by atoms with Gasteiger partial charge in [0.1, 0.15) is 0 Å². The zero-order chi connectivity index (χ0) is 13.1. The van der Waals surface area contributed by atoms with E-state index in [1.807, 2.05) is 18.2 Å². The van der Waals surface area contributed by atoms with Crippen LogP contribution >= 0.6 is 0 Å². The zero-order valence-corrected chi connectivity index (χ0v) is 10.7. The van der Waals surface area contributed by atoms with Crippen LogP contribution in [0.25, 0.3) is 0 Å². The first-order valence-corrected chi connectivity index (χ1v) is 6.41. The fourth-order valence-corrected chi connectivity index (χ4v) is 1.56. The molecular weight excluding hydrogens is 228 g/mol. The molecule has 0 aliphatic carbocycles. The molecule has 1 rings (SSSR count). The number of hydrogen-bond donors (Lipinski definition) is 2. The van der Waals surface area contributed by atoms with Crippen LogP contribution in [-0.4, -0.2) is 32.2 Å². The van der Waals surface area contributed by atoms with E-state index in [9.17, 15) is 4.79 Å². The lowest BCUT2D eigenvalue weighted by Crippen LogP contribution is -2.27. The standard InChI is InChI=1S/C14H22N2O2/c15-9-7-14(17)16-10-4-11-18-12-8-13-5-2-1-3-6-13/h1-3,5-6H,4,7-12,15H2,(H,16,17). The molecule has 0 aliphatic heterocycles. The van der Waals surface area contributed by atoms with Crippen molar-refractivity contribution < 1.29 is 9.53 Å². The van der Waals surface area contributed by atoms with Gasteiger partial charge in [0.05, 0.1) is 6.61 Å². The molecule has 0 aromatic heterocycles. The number of ether oxygens (including phenoxy) is 1. The second-order valence-electron chi connectivity index (χ2n) is 4.09. The van der Waals surface area contributed by atoms with Crippen LogP contribution in [0.2, 0.25) is 0 Å². The molecule has 0 saturated carbocycles. The molecule has 0 saturated heterocycles. The van der Waals surface area contributed by atoms with Crippen LogP contribution in [0.1, 0.15) is 18.4 Å². The molecule has 1 amide bonds. The Morgan fingerprint density at radius 3 is 2.72 bits per heavy atom. The quantitative estimate of drug-likeness (QED) is 0.645. The summed E-state index contributed by atoms with van der Waals surface area (Å²) in [4.78, 5) is 11.1. The van der Waals surface area contributed by atoms with Crippen molar-refractivity contribution in [3.8, 4) is 0 Å². The molecule has 4 nitrogen and oxygen atoms in total. The molecule has 0 fully saturated rings. The molecule has 18 heavy (non-hydrogen) atoms. The first-order valence-electron chi connectivity index (χ1n) is 6.41. The van der Waals surface area contributed by atoms with Gasteiger partial charge >= 0.3 is 0 Å². The number of amides is 1. The van der Waals surface area contributed by atoms with Gasteiger partial charge in [-0.25, -0.2) is 0 Å². The van der Waals surface area contributed by atoms with Crippen molar-refractivity contribution >= 4 is 5.91 Å². The Hall–Kier alpha value is -1.39. The van der Waals surface area contributed by atoms with Gasteiger partial charge in [0.15, 0.2) is 0 Å². The summed E-state index contributed by atoms with van der Waals surface area (Å²) in [7, 11) is 0. The number of hydrogen-bond acceptors (Lipinski definition) is 3. The number of rotatable bonds is 9. The van der Waals surface area contributed by atoms with Gasteiger partial charge in [-0.3, -0.25) is 4.79 Å². The molecule has 0 spiro atoms. The molecule has 3 N–H and O–H groups in total. The normalized spacial score (nSPS) is 10.3. The van der Waals surface area contributed by atoms with Gasteiger partial charge in [0.2, 0.25) is 5.91 Å². The van der Waals surface area contributed by atoms with Crippen LogP contribution in [0.3, 0.4) is 0 Å². The second-order valence-corrected chi connectivity index (χ2v) is 4.09. The van der Waals surface area contributed by atoms with E-state index in [0.717, 1.165) is 19.4 Å². The zero-order valence-electron chi connectivity index (χ0n) is 10.7. The minimum Gasteiger partial charge on any atom is -0.381 e. The van der Waals surface area contributed by atoms with E-state index in [1.165, 1.54) is 5.56 Å². The topological polar surface area (TPSA) is 64.4 Å². The molecular formula is C14H22N2O2. The summed E-state index contributed by atoms with van der Waals surface area (Å²) in [6, 6.07) is 10.3. The first-order chi connectivity index (χ1) is 8.83. The molecule has 4 heteroatoms. The highest BCUT2D eigenvalue weighted by atomic mass is 16.5. The van der Waals surface area contributed by atoms with Crippen LogP contribution in [-0.2, 0) is 16.0 Å². The summed E-state index contributed by atoms with van der Waals surface area (Å²) in [6.45, 7) is 2.46. The van der Waals surface area contributed by atoms with Crippen molar-refractivity contribution in [2.75, 3.05) is 26.3 Å². The average molecular weight is 250 g/mol. The maximum absolute atomic E-state index is 11.1. The third kappa shape index (κ3) is 7.04. The van der Waals surface area contributed by atoms with Crippen LogP contribution in [0.5, 0.6) is 0 Å². The Kier molecular flexibility index (Phi) is 7.84. The molecule has 0 aliphatic rings. The van der Waals surface area contributed by atoms with Crippen LogP contribution in [0.15, 0.2) is 30.3 Å². The highest BCUT2D eigenvalue weighted by molar-refractivity contribution is 5.75. The summed E-state index contributed by atoms with van der Waals surface area (Å²) in [5, 5.41) is 2.79. The molecule has 0 bridgehead atoms. The lowest BCUT2D eigenvalue weighted by molar-refractivity contribution is -0.120. The van der Waals surface area contributed by atoms with Crippen molar-refractivity contribution in [2.45, 2.75) is 19.3 Å². The molecule has 1 aromatic carbocycles. The Bertz CT molecular complexity index is 328. The smallest absolute Gasteiger partial charge is 0.221 e. The van der Waals surface area contributed by atoms with E-state index >= 15 is 0 Å². The van der Waals surface area contributed by atoms with Gasteiger partial charge in [0, 0.05) is 26.1 Å². The van der Waals surface area contributed by atoms with E-state index < -0.39 is 0 Å². The van der Waals surface area contributed by atoms with E-state index in [2.05, 4.69) is 17.4 Å². The predicted molar refractivity (Wildman–Crippen MR) is 72.3 cm³/mol. The fourth-order valence-electron chi connectivity index (χ4n) is 1.56. The van der Waals surface area contributed by atoms with Gasteiger partial charge in [0.25, 0.3) is 0 Å². The first kappa shape index (κ1) is 14.7. The van der Waals surface area contributed by atoms with Crippen molar-refractivity contribution in [2.24, 2.45) is 5.73 Å². The molecule has 0 atom stereocenters. The number of carbonyl (C=O) groups excluding carboxylic acids is 1. The largest absolute Gasteiger partial charge is 0.381 e. The Morgan fingerprint density at radius 1 is 1.22 bits per heavy atom. The van der Waals surface area contributed by atoms with Gasteiger partial charge in [-0.2, -0.15) is 0 Å².